The molecule has 1 atom stereocenters. The summed E-state index contributed by atoms with van der Waals surface area (Å²) in [5.41, 5.74) is -0.0614. The first-order chi connectivity index (χ1) is 12.6. The summed E-state index contributed by atoms with van der Waals surface area (Å²) < 4.78 is 5.38. The third kappa shape index (κ3) is 3.69. The normalized spacial score (nSPS) is 31.4. The molecule has 3 saturated heterocycles. The summed E-state index contributed by atoms with van der Waals surface area (Å²) in [4.78, 5) is 34.0. The lowest BCUT2D eigenvalue weighted by Gasteiger charge is -2.50. The smallest absolute Gasteiger partial charge is 0.320 e. The van der Waals surface area contributed by atoms with E-state index in [2.05, 4.69) is 16.8 Å². The lowest BCUT2D eigenvalue weighted by molar-refractivity contribution is -0.130. The van der Waals surface area contributed by atoms with Crippen molar-refractivity contribution in [3.63, 3.8) is 0 Å². The summed E-state index contributed by atoms with van der Waals surface area (Å²) in [6, 6.07) is 0.145. The zero-order valence-corrected chi connectivity index (χ0v) is 16.0. The van der Waals surface area contributed by atoms with Crippen LogP contribution in [0.4, 0.5) is 4.79 Å². The van der Waals surface area contributed by atoms with Gasteiger partial charge in [0.25, 0.3) is 0 Å². The van der Waals surface area contributed by atoms with E-state index in [1.165, 1.54) is 12.8 Å². The molecule has 26 heavy (non-hydrogen) atoms. The Hall–Kier alpha value is -1.34. The summed E-state index contributed by atoms with van der Waals surface area (Å²) in [6.07, 6.45) is 4.98. The second-order valence-electron chi connectivity index (χ2n) is 8.48. The second-order valence-corrected chi connectivity index (χ2v) is 8.48. The molecule has 1 aliphatic carbocycles. The first-order valence-corrected chi connectivity index (χ1v) is 10.2. The summed E-state index contributed by atoms with van der Waals surface area (Å²) >= 11 is 0. The highest BCUT2D eigenvalue weighted by molar-refractivity contribution is 5.77. The predicted octanol–water partition coefficient (Wildman–Crippen LogP) is 0.847. The first-order valence-electron chi connectivity index (χ1n) is 10.2. The van der Waals surface area contributed by atoms with Gasteiger partial charge in [-0.25, -0.2) is 4.79 Å². The van der Waals surface area contributed by atoms with Gasteiger partial charge in [-0.15, -0.1) is 0 Å². The fourth-order valence-electron chi connectivity index (χ4n) is 4.62. The van der Waals surface area contributed by atoms with E-state index in [1.54, 1.807) is 0 Å². The van der Waals surface area contributed by atoms with E-state index >= 15 is 0 Å². The van der Waals surface area contributed by atoms with Gasteiger partial charge >= 0.3 is 6.03 Å². The monoisotopic (exact) mass is 364 g/mol. The van der Waals surface area contributed by atoms with Crippen LogP contribution in [0.5, 0.6) is 0 Å². The van der Waals surface area contributed by atoms with Crippen molar-refractivity contribution in [2.75, 3.05) is 66.1 Å². The maximum Gasteiger partial charge on any atom is 0.320 e. The molecule has 0 aromatic carbocycles. The fourth-order valence-corrected chi connectivity index (χ4v) is 4.62. The van der Waals surface area contributed by atoms with Crippen molar-refractivity contribution in [1.29, 1.82) is 0 Å². The molecule has 3 amide bonds. The van der Waals surface area contributed by atoms with Crippen molar-refractivity contribution >= 4 is 11.9 Å². The Morgan fingerprint density at radius 3 is 2.58 bits per heavy atom. The average Bonchev–Trinajstić information content (AvgIpc) is 3.50. The number of nitrogens with zero attached hydrogens (tertiary/aromatic N) is 4. The lowest BCUT2D eigenvalue weighted by Crippen LogP contribution is -2.64. The van der Waals surface area contributed by atoms with E-state index in [-0.39, 0.29) is 11.6 Å². The molecule has 4 rings (SSSR count). The molecular formula is C19H32N4O3. The van der Waals surface area contributed by atoms with Gasteiger partial charge in [-0.1, -0.05) is 0 Å². The fraction of sp³-hybridized carbons (Fsp3) is 0.895. The molecule has 0 aromatic heterocycles. The summed E-state index contributed by atoms with van der Waals surface area (Å²) in [5.74, 6) is 1.04. The van der Waals surface area contributed by atoms with Crippen LogP contribution in [0.2, 0.25) is 0 Å². The maximum atomic E-state index is 13.0. The van der Waals surface area contributed by atoms with Gasteiger partial charge in [-0.05, 0) is 38.6 Å². The van der Waals surface area contributed by atoms with E-state index in [0.29, 0.717) is 38.6 Å². The largest absolute Gasteiger partial charge is 0.378 e. The van der Waals surface area contributed by atoms with E-state index in [0.717, 1.165) is 51.5 Å². The van der Waals surface area contributed by atoms with Crippen LogP contribution in [0.25, 0.3) is 0 Å². The van der Waals surface area contributed by atoms with Gasteiger partial charge in [-0.3, -0.25) is 9.69 Å². The van der Waals surface area contributed by atoms with Crippen molar-refractivity contribution in [1.82, 2.24) is 19.6 Å². The number of amides is 3. The predicted molar refractivity (Wildman–Crippen MR) is 97.9 cm³/mol. The number of likely N-dealkylation sites (N-methyl/N-ethyl adjacent to an activating group) is 1. The van der Waals surface area contributed by atoms with Crippen molar-refractivity contribution < 1.29 is 14.3 Å². The molecule has 1 saturated carbocycles. The highest BCUT2D eigenvalue weighted by Gasteiger charge is 2.44. The molecule has 0 N–H and O–H groups in total. The number of likely N-dealkylation sites (tertiary alicyclic amines) is 1. The average molecular weight is 364 g/mol. The molecule has 7 nitrogen and oxygen atoms in total. The van der Waals surface area contributed by atoms with Gasteiger partial charge in [0, 0.05) is 57.8 Å². The number of morpholine rings is 1. The molecular weight excluding hydrogens is 332 g/mol. The minimum absolute atomic E-state index is 0.0614. The third-order valence-electron chi connectivity index (χ3n) is 6.73. The second kappa shape index (κ2) is 7.35. The highest BCUT2D eigenvalue weighted by Crippen LogP contribution is 2.35. The van der Waals surface area contributed by atoms with E-state index in [9.17, 15) is 9.59 Å². The molecule has 0 aromatic rings. The Bertz CT molecular complexity index is 547. The van der Waals surface area contributed by atoms with Gasteiger partial charge in [0.2, 0.25) is 5.91 Å². The van der Waals surface area contributed by atoms with E-state index < -0.39 is 0 Å². The molecule has 0 bridgehead atoms. The molecule has 3 heterocycles. The molecule has 7 heteroatoms. The topological polar surface area (TPSA) is 56.3 Å². The zero-order valence-electron chi connectivity index (χ0n) is 16.0. The van der Waals surface area contributed by atoms with Crippen LogP contribution < -0.4 is 0 Å². The first kappa shape index (κ1) is 18.0. The summed E-state index contributed by atoms with van der Waals surface area (Å²) in [7, 11) is 2.16. The Kier molecular flexibility index (Phi) is 5.10. The summed E-state index contributed by atoms with van der Waals surface area (Å²) in [6.45, 7) is 6.81. The van der Waals surface area contributed by atoms with Gasteiger partial charge in [0.15, 0.2) is 0 Å². The van der Waals surface area contributed by atoms with Crippen LogP contribution in [0.1, 0.15) is 32.1 Å². The Morgan fingerprint density at radius 1 is 1.08 bits per heavy atom. The number of carbonyl (C=O) groups excluding carboxylic acids is 2. The standard InChI is InChI=1S/C19H32N4O3/c1-20-8-9-23(18(25)21-10-12-26-13-11-21)15-19(20)5-4-17(24)22(7-6-19)14-16-2-3-16/h16H,2-15H2,1H3. The minimum Gasteiger partial charge on any atom is -0.378 e. The van der Waals surface area contributed by atoms with E-state index in [1.807, 2.05) is 9.80 Å². The van der Waals surface area contributed by atoms with Gasteiger partial charge in [0.1, 0.15) is 0 Å². The van der Waals surface area contributed by atoms with Gasteiger partial charge < -0.3 is 19.4 Å². The van der Waals surface area contributed by atoms with Crippen molar-refractivity contribution in [2.45, 2.75) is 37.6 Å². The molecule has 1 unspecified atom stereocenters. The lowest BCUT2D eigenvalue weighted by atomic mass is 9.86. The summed E-state index contributed by atoms with van der Waals surface area (Å²) in [5, 5.41) is 0. The van der Waals surface area contributed by atoms with E-state index in [4.69, 9.17) is 4.74 Å². The SMILES string of the molecule is CN1CCN(C(=O)N2CCOCC2)CC12CCC(=O)N(CC1CC1)CC2. The molecule has 146 valence electrons. The maximum absolute atomic E-state index is 13.0. The van der Waals surface area contributed by atoms with Crippen molar-refractivity contribution in [2.24, 2.45) is 5.92 Å². The number of hydrogen-bond acceptors (Lipinski definition) is 4. The number of rotatable bonds is 2. The Morgan fingerprint density at radius 2 is 1.85 bits per heavy atom. The number of carbonyl (C=O) groups is 2. The highest BCUT2D eigenvalue weighted by atomic mass is 16.5. The van der Waals surface area contributed by atoms with Crippen LogP contribution in [0, 0.1) is 5.92 Å². The quantitative estimate of drug-likeness (QED) is 0.729. The molecule has 1 spiro atoms. The van der Waals surface area contributed by atoms with Crippen LogP contribution in [0.3, 0.4) is 0 Å². The molecule has 4 fully saturated rings. The number of ether oxygens (including phenoxy) is 1. The Labute approximate surface area is 156 Å². The Balaban J connectivity index is 1.43. The number of urea groups is 1. The third-order valence-corrected chi connectivity index (χ3v) is 6.73. The van der Waals surface area contributed by atoms with Gasteiger partial charge in [-0.2, -0.15) is 0 Å². The van der Waals surface area contributed by atoms with Crippen LogP contribution in [-0.4, -0.2) is 103 Å². The van der Waals surface area contributed by atoms with Gasteiger partial charge in [0.05, 0.1) is 13.2 Å². The minimum atomic E-state index is -0.0614. The molecule has 3 aliphatic heterocycles. The molecule has 0 radical (unpaired) electrons. The van der Waals surface area contributed by atoms with Crippen LogP contribution in [-0.2, 0) is 9.53 Å². The van der Waals surface area contributed by atoms with Crippen molar-refractivity contribution in [3.05, 3.63) is 0 Å². The van der Waals surface area contributed by atoms with Crippen LogP contribution >= 0.6 is 0 Å². The number of piperazine rings is 1. The zero-order chi connectivity index (χ0) is 18.1. The van der Waals surface area contributed by atoms with Crippen LogP contribution in [0.15, 0.2) is 0 Å². The van der Waals surface area contributed by atoms with Crippen molar-refractivity contribution in [3.8, 4) is 0 Å². The number of hydrogen-bond donors (Lipinski definition) is 0. The molecule has 4 aliphatic rings.